The van der Waals surface area contributed by atoms with E-state index in [0.29, 0.717) is 6.04 Å². The molecule has 0 N–H and O–H groups in total. The van der Waals surface area contributed by atoms with Gasteiger partial charge in [-0.05, 0) is 64.7 Å². The molecule has 2 nitrogen and oxygen atoms in total. The fourth-order valence-corrected chi connectivity index (χ4v) is 6.90. The van der Waals surface area contributed by atoms with Gasteiger partial charge in [0.2, 0.25) is 0 Å². The molecule has 2 heterocycles. The van der Waals surface area contributed by atoms with Gasteiger partial charge >= 0.3 is 0 Å². The Hall–Kier alpha value is -5.86. The number of hydrogen-bond acceptors (Lipinski definition) is 0. The van der Waals surface area contributed by atoms with Crippen LogP contribution in [0.4, 0.5) is 0 Å². The van der Waals surface area contributed by atoms with Crippen molar-refractivity contribution in [2.24, 2.45) is 0 Å². The molecule has 0 aliphatic heterocycles. The van der Waals surface area contributed by atoms with Gasteiger partial charge in [0.1, 0.15) is 0 Å². The standard InChI is InChI=1S/C42H28N2/c1-4-14-29(15-5-1)31-26-32(30-16-6-2-7-17-30)28-34(27-31)44-40-23-13-11-21-36(40)38-25-24-37-35-20-10-12-22-39(35)43(41(37)42(38)44)33-18-8-3-9-19-33/h1-28H/i1D. The zero-order valence-corrected chi connectivity index (χ0v) is 24.0. The Bertz CT molecular complexity index is 2520. The number of para-hydroxylation sites is 3. The molecule has 0 fully saturated rings. The Labute approximate surface area is 257 Å². The molecule has 44 heavy (non-hydrogen) atoms. The lowest BCUT2D eigenvalue weighted by Gasteiger charge is -2.15. The molecule has 0 unspecified atom stereocenters. The Morgan fingerprint density at radius 3 is 1.36 bits per heavy atom. The number of hydrogen-bond donors (Lipinski definition) is 0. The normalized spacial score (nSPS) is 12.0. The first-order valence-corrected chi connectivity index (χ1v) is 15.0. The molecule has 0 atom stereocenters. The third-order valence-corrected chi connectivity index (χ3v) is 8.82. The molecule has 206 valence electrons. The predicted octanol–water partition coefficient (Wildman–Crippen LogP) is 11.2. The van der Waals surface area contributed by atoms with Crippen LogP contribution < -0.4 is 0 Å². The molecule has 0 saturated carbocycles. The van der Waals surface area contributed by atoms with Gasteiger partial charge in [0.25, 0.3) is 0 Å². The van der Waals surface area contributed by atoms with Crippen molar-refractivity contribution >= 4 is 43.6 Å². The SMILES string of the molecule is [2H]c1ccc(-c2cc(-c3ccccc3)cc(-n3c4ccccc4c4ccc5c6ccccc6n(-c6ccccc6)c5c43)c2)cc1. The van der Waals surface area contributed by atoms with E-state index in [1.165, 1.54) is 49.2 Å². The maximum absolute atomic E-state index is 8.07. The molecule has 7 aromatic carbocycles. The first-order chi connectivity index (χ1) is 22.2. The fraction of sp³-hybridized carbons (Fsp3) is 0. The highest BCUT2D eigenvalue weighted by Crippen LogP contribution is 2.42. The molecule has 0 amide bonds. The highest BCUT2D eigenvalue weighted by atomic mass is 15.0. The second-order valence-electron chi connectivity index (χ2n) is 11.3. The number of benzene rings is 7. The second-order valence-corrected chi connectivity index (χ2v) is 11.3. The number of nitrogens with zero attached hydrogens (tertiary/aromatic N) is 2. The van der Waals surface area contributed by atoms with E-state index in [9.17, 15) is 0 Å². The van der Waals surface area contributed by atoms with E-state index in [2.05, 4.69) is 149 Å². The topological polar surface area (TPSA) is 9.86 Å². The molecule has 0 aliphatic rings. The lowest BCUT2D eigenvalue weighted by Crippen LogP contribution is -1.99. The molecule has 2 aromatic heterocycles. The van der Waals surface area contributed by atoms with E-state index in [0.717, 1.165) is 28.1 Å². The highest BCUT2D eigenvalue weighted by Gasteiger charge is 2.21. The van der Waals surface area contributed by atoms with Crippen LogP contribution in [0.2, 0.25) is 0 Å². The Morgan fingerprint density at radius 1 is 0.341 bits per heavy atom. The Balaban J connectivity index is 1.47. The molecular formula is C42H28N2. The molecule has 9 rings (SSSR count). The Kier molecular flexibility index (Phi) is 5.31. The summed E-state index contributed by atoms with van der Waals surface area (Å²) < 4.78 is 13.0. The monoisotopic (exact) mass is 561 g/mol. The van der Waals surface area contributed by atoms with Gasteiger partial charge in [-0.1, -0.05) is 127 Å². The summed E-state index contributed by atoms with van der Waals surface area (Å²) in [4.78, 5) is 0. The Morgan fingerprint density at radius 2 is 0.795 bits per heavy atom. The third kappa shape index (κ3) is 3.75. The van der Waals surface area contributed by atoms with Crippen molar-refractivity contribution in [1.82, 2.24) is 9.13 Å². The van der Waals surface area contributed by atoms with Crippen LogP contribution in [0.25, 0.3) is 77.2 Å². The van der Waals surface area contributed by atoms with Gasteiger partial charge in [0.05, 0.1) is 23.4 Å². The molecule has 0 aliphatic carbocycles. The summed E-state index contributed by atoms with van der Waals surface area (Å²) >= 11 is 0. The van der Waals surface area contributed by atoms with Gasteiger partial charge < -0.3 is 9.13 Å². The van der Waals surface area contributed by atoms with E-state index < -0.39 is 0 Å². The van der Waals surface area contributed by atoms with Crippen molar-refractivity contribution in [3.8, 4) is 33.6 Å². The van der Waals surface area contributed by atoms with Crippen LogP contribution >= 0.6 is 0 Å². The second kappa shape index (κ2) is 9.86. The van der Waals surface area contributed by atoms with E-state index in [1.807, 2.05) is 24.3 Å². The molecular weight excluding hydrogens is 532 g/mol. The van der Waals surface area contributed by atoms with Crippen molar-refractivity contribution in [3.05, 3.63) is 170 Å². The van der Waals surface area contributed by atoms with E-state index in [-0.39, 0.29) is 0 Å². The van der Waals surface area contributed by atoms with Crippen molar-refractivity contribution in [2.75, 3.05) is 0 Å². The average molecular weight is 562 g/mol. The molecule has 2 heteroatoms. The van der Waals surface area contributed by atoms with Crippen molar-refractivity contribution in [3.63, 3.8) is 0 Å². The predicted molar refractivity (Wildman–Crippen MR) is 186 cm³/mol. The first-order valence-electron chi connectivity index (χ1n) is 15.5. The van der Waals surface area contributed by atoms with Crippen molar-refractivity contribution in [2.45, 2.75) is 0 Å². The molecule has 0 spiro atoms. The minimum absolute atomic E-state index is 0.511. The van der Waals surface area contributed by atoms with Gasteiger partial charge in [-0.15, -0.1) is 0 Å². The summed E-state index contributed by atoms with van der Waals surface area (Å²) in [5.74, 6) is 0. The van der Waals surface area contributed by atoms with E-state index >= 15 is 0 Å². The lowest BCUT2D eigenvalue weighted by molar-refractivity contribution is 1.15. The smallest absolute Gasteiger partial charge is 0.0788 e. The summed E-state index contributed by atoms with van der Waals surface area (Å²) in [6, 6.07) is 58.6. The van der Waals surface area contributed by atoms with Crippen LogP contribution in [0, 0.1) is 0 Å². The van der Waals surface area contributed by atoms with E-state index in [1.54, 1.807) is 0 Å². The zero-order chi connectivity index (χ0) is 29.9. The average Bonchev–Trinajstić information content (AvgIpc) is 3.62. The molecule has 0 saturated heterocycles. The lowest BCUT2D eigenvalue weighted by atomic mass is 9.98. The van der Waals surface area contributed by atoms with E-state index in [4.69, 9.17) is 1.37 Å². The molecule has 9 aromatic rings. The number of fused-ring (bicyclic) bond motifs is 7. The van der Waals surface area contributed by atoms with Crippen LogP contribution in [0.3, 0.4) is 0 Å². The zero-order valence-electron chi connectivity index (χ0n) is 25.0. The van der Waals surface area contributed by atoms with Crippen LogP contribution in [0.5, 0.6) is 0 Å². The van der Waals surface area contributed by atoms with Crippen molar-refractivity contribution < 1.29 is 1.37 Å². The van der Waals surface area contributed by atoms with Crippen LogP contribution in [0.1, 0.15) is 1.37 Å². The summed E-state index contributed by atoms with van der Waals surface area (Å²) in [7, 11) is 0. The largest absolute Gasteiger partial charge is 0.307 e. The summed E-state index contributed by atoms with van der Waals surface area (Å²) in [6.07, 6.45) is 0. The quantitative estimate of drug-likeness (QED) is 0.202. The first kappa shape index (κ1) is 23.7. The molecule has 0 radical (unpaired) electrons. The van der Waals surface area contributed by atoms with Crippen LogP contribution in [-0.2, 0) is 0 Å². The summed E-state index contributed by atoms with van der Waals surface area (Å²) in [6.45, 7) is 0. The summed E-state index contributed by atoms with van der Waals surface area (Å²) in [5.41, 5.74) is 11.5. The van der Waals surface area contributed by atoms with Crippen LogP contribution in [-0.4, -0.2) is 9.13 Å². The molecule has 0 bridgehead atoms. The maximum Gasteiger partial charge on any atom is 0.0788 e. The highest BCUT2D eigenvalue weighted by molar-refractivity contribution is 6.23. The van der Waals surface area contributed by atoms with Gasteiger partial charge in [-0.2, -0.15) is 0 Å². The number of rotatable bonds is 4. The summed E-state index contributed by atoms with van der Waals surface area (Å²) in [5, 5.41) is 4.92. The minimum Gasteiger partial charge on any atom is -0.307 e. The fourth-order valence-electron chi connectivity index (χ4n) is 6.90. The number of aromatic nitrogens is 2. The third-order valence-electron chi connectivity index (χ3n) is 8.82. The minimum atomic E-state index is 0.511. The van der Waals surface area contributed by atoms with Gasteiger partial charge in [-0.3, -0.25) is 0 Å². The van der Waals surface area contributed by atoms with Gasteiger partial charge in [-0.25, -0.2) is 0 Å². The van der Waals surface area contributed by atoms with Crippen LogP contribution in [0.15, 0.2) is 170 Å². The van der Waals surface area contributed by atoms with Gasteiger partial charge in [0.15, 0.2) is 0 Å². The van der Waals surface area contributed by atoms with Crippen molar-refractivity contribution in [1.29, 1.82) is 0 Å². The maximum atomic E-state index is 8.07. The van der Waals surface area contributed by atoms with Gasteiger partial charge in [0, 0.05) is 32.9 Å².